The van der Waals surface area contributed by atoms with Crippen LogP contribution in [0.2, 0.25) is 0 Å². The van der Waals surface area contributed by atoms with E-state index in [1.807, 2.05) is 0 Å². The van der Waals surface area contributed by atoms with Crippen LogP contribution < -0.4 is 5.32 Å². The zero-order valence-electron chi connectivity index (χ0n) is 14.5. The Labute approximate surface area is 127 Å². The van der Waals surface area contributed by atoms with Crippen molar-refractivity contribution < 1.29 is 0 Å². The van der Waals surface area contributed by atoms with Crippen LogP contribution in [0.25, 0.3) is 0 Å². The van der Waals surface area contributed by atoms with Crippen LogP contribution in [-0.4, -0.2) is 12.6 Å². The Balaban J connectivity index is 1.96. The molecule has 2 aliphatic carbocycles. The maximum absolute atomic E-state index is 3.88. The Morgan fingerprint density at radius 1 is 0.950 bits per heavy atom. The van der Waals surface area contributed by atoms with Crippen LogP contribution in [0.1, 0.15) is 79.6 Å². The Kier molecular flexibility index (Phi) is 5.56. The Morgan fingerprint density at radius 2 is 1.60 bits per heavy atom. The number of hydrogen-bond acceptors (Lipinski definition) is 1. The third-order valence-electron chi connectivity index (χ3n) is 6.48. The van der Waals surface area contributed by atoms with E-state index in [4.69, 9.17) is 0 Å². The summed E-state index contributed by atoms with van der Waals surface area (Å²) in [6.07, 6.45) is 10.1. The van der Waals surface area contributed by atoms with E-state index in [9.17, 15) is 0 Å². The second kappa shape index (κ2) is 6.81. The first-order valence-electron chi connectivity index (χ1n) is 9.16. The lowest BCUT2D eigenvalue weighted by atomic mass is 9.65. The van der Waals surface area contributed by atoms with E-state index in [0.29, 0.717) is 5.41 Å². The van der Waals surface area contributed by atoms with Gasteiger partial charge in [-0.25, -0.2) is 0 Å². The van der Waals surface area contributed by atoms with Crippen LogP contribution in [0.3, 0.4) is 0 Å². The molecular formula is C19H37N. The average Bonchev–Trinajstić information content (AvgIpc) is 2.40. The van der Waals surface area contributed by atoms with E-state index < -0.39 is 0 Å². The lowest BCUT2D eigenvalue weighted by Crippen LogP contribution is -2.46. The van der Waals surface area contributed by atoms with Crippen molar-refractivity contribution in [1.29, 1.82) is 0 Å². The molecule has 20 heavy (non-hydrogen) atoms. The lowest BCUT2D eigenvalue weighted by molar-refractivity contribution is 0.0976. The number of rotatable bonds is 4. The van der Waals surface area contributed by atoms with E-state index in [-0.39, 0.29) is 0 Å². The van der Waals surface area contributed by atoms with E-state index in [0.717, 1.165) is 36.3 Å². The molecule has 2 saturated carbocycles. The molecule has 118 valence electrons. The van der Waals surface area contributed by atoms with Gasteiger partial charge in [-0.3, -0.25) is 0 Å². The second-order valence-electron chi connectivity index (χ2n) is 8.61. The van der Waals surface area contributed by atoms with Crippen LogP contribution in [0.5, 0.6) is 0 Å². The van der Waals surface area contributed by atoms with E-state index >= 15 is 0 Å². The van der Waals surface area contributed by atoms with Gasteiger partial charge in [0.05, 0.1) is 0 Å². The van der Waals surface area contributed by atoms with E-state index in [2.05, 4.69) is 39.9 Å². The minimum atomic E-state index is 0.599. The molecule has 1 nitrogen and oxygen atoms in total. The first kappa shape index (κ1) is 16.3. The van der Waals surface area contributed by atoms with Crippen molar-refractivity contribution in [3.05, 3.63) is 0 Å². The first-order valence-corrected chi connectivity index (χ1v) is 9.16. The summed E-state index contributed by atoms with van der Waals surface area (Å²) in [6.45, 7) is 13.3. The fraction of sp³-hybridized carbons (Fsp3) is 1.00. The summed E-state index contributed by atoms with van der Waals surface area (Å²) in [6, 6.07) is 0.797. The summed E-state index contributed by atoms with van der Waals surface area (Å²) < 4.78 is 0. The van der Waals surface area contributed by atoms with Crippen molar-refractivity contribution >= 4 is 0 Å². The third kappa shape index (κ3) is 4.00. The molecule has 2 aliphatic rings. The standard InChI is InChI=1S/C19H37N/c1-6-20-18(16-9-11-19(4,5)12-10-16)17-8-7-14(2)15(3)13-17/h14-18,20H,6-13H2,1-5H3. The van der Waals surface area contributed by atoms with Crippen LogP contribution in [-0.2, 0) is 0 Å². The van der Waals surface area contributed by atoms with Crippen molar-refractivity contribution in [3.8, 4) is 0 Å². The van der Waals surface area contributed by atoms with Crippen LogP contribution in [0.4, 0.5) is 0 Å². The van der Waals surface area contributed by atoms with Gasteiger partial charge >= 0.3 is 0 Å². The van der Waals surface area contributed by atoms with Gasteiger partial charge in [0.15, 0.2) is 0 Å². The quantitative estimate of drug-likeness (QED) is 0.741. The molecule has 2 fully saturated rings. The highest BCUT2D eigenvalue weighted by Crippen LogP contribution is 2.43. The first-order chi connectivity index (χ1) is 9.43. The summed E-state index contributed by atoms with van der Waals surface area (Å²) in [7, 11) is 0. The fourth-order valence-corrected chi connectivity index (χ4v) is 4.65. The predicted octanol–water partition coefficient (Wildman–Crippen LogP) is 5.25. The normalized spacial score (nSPS) is 36.8. The van der Waals surface area contributed by atoms with Gasteiger partial charge in [0.25, 0.3) is 0 Å². The summed E-state index contributed by atoms with van der Waals surface area (Å²) in [5.41, 5.74) is 0.599. The van der Waals surface area contributed by atoms with Crippen molar-refractivity contribution in [2.75, 3.05) is 6.54 Å². The Morgan fingerprint density at radius 3 is 2.15 bits per heavy atom. The number of hydrogen-bond donors (Lipinski definition) is 1. The molecule has 0 heterocycles. The van der Waals surface area contributed by atoms with Gasteiger partial charge < -0.3 is 5.32 Å². The molecule has 0 radical (unpaired) electrons. The minimum Gasteiger partial charge on any atom is -0.314 e. The van der Waals surface area contributed by atoms with Crippen LogP contribution in [0, 0.1) is 29.1 Å². The molecule has 4 atom stereocenters. The highest BCUT2D eigenvalue weighted by atomic mass is 14.9. The van der Waals surface area contributed by atoms with E-state index in [1.54, 1.807) is 0 Å². The molecule has 0 spiro atoms. The van der Waals surface area contributed by atoms with Gasteiger partial charge in [-0.05, 0) is 74.2 Å². The summed E-state index contributed by atoms with van der Waals surface area (Å²) in [5.74, 6) is 3.75. The lowest BCUT2D eigenvalue weighted by Gasteiger charge is -2.44. The molecule has 0 aromatic rings. The molecule has 0 saturated heterocycles. The SMILES string of the molecule is CCNC(C1CCC(C)(C)CC1)C1CCC(C)C(C)C1. The molecule has 0 aromatic carbocycles. The van der Waals surface area contributed by atoms with Crippen molar-refractivity contribution in [2.24, 2.45) is 29.1 Å². The predicted molar refractivity (Wildman–Crippen MR) is 88.9 cm³/mol. The van der Waals surface area contributed by atoms with Crippen LogP contribution in [0.15, 0.2) is 0 Å². The van der Waals surface area contributed by atoms with Gasteiger partial charge in [-0.15, -0.1) is 0 Å². The van der Waals surface area contributed by atoms with Crippen molar-refractivity contribution in [2.45, 2.75) is 85.6 Å². The van der Waals surface area contributed by atoms with Crippen molar-refractivity contribution in [3.63, 3.8) is 0 Å². The zero-order chi connectivity index (χ0) is 14.8. The van der Waals surface area contributed by atoms with Gasteiger partial charge in [0.2, 0.25) is 0 Å². The Bertz CT molecular complexity index is 286. The largest absolute Gasteiger partial charge is 0.314 e. The Hall–Kier alpha value is -0.0400. The highest BCUT2D eigenvalue weighted by Gasteiger charge is 2.37. The maximum Gasteiger partial charge on any atom is 0.0124 e. The molecule has 0 aromatic heterocycles. The van der Waals surface area contributed by atoms with Gasteiger partial charge in [-0.2, -0.15) is 0 Å². The van der Waals surface area contributed by atoms with Gasteiger partial charge in [0.1, 0.15) is 0 Å². The van der Waals surface area contributed by atoms with Crippen LogP contribution >= 0.6 is 0 Å². The third-order valence-corrected chi connectivity index (χ3v) is 6.48. The molecule has 1 heteroatoms. The van der Waals surface area contributed by atoms with Gasteiger partial charge in [-0.1, -0.05) is 41.0 Å². The summed E-state index contributed by atoms with van der Waals surface area (Å²) >= 11 is 0. The topological polar surface area (TPSA) is 12.0 Å². The highest BCUT2D eigenvalue weighted by molar-refractivity contribution is 4.91. The minimum absolute atomic E-state index is 0.599. The van der Waals surface area contributed by atoms with Crippen molar-refractivity contribution in [1.82, 2.24) is 5.32 Å². The number of nitrogens with one attached hydrogen (secondary N) is 1. The van der Waals surface area contributed by atoms with Gasteiger partial charge in [0, 0.05) is 6.04 Å². The molecule has 1 N–H and O–H groups in total. The smallest absolute Gasteiger partial charge is 0.0124 e. The second-order valence-corrected chi connectivity index (χ2v) is 8.61. The molecule has 0 aliphatic heterocycles. The zero-order valence-corrected chi connectivity index (χ0v) is 14.5. The summed E-state index contributed by atoms with van der Waals surface area (Å²) in [5, 5.41) is 3.88. The van der Waals surface area contributed by atoms with E-state index in [1.165, 1.54) is 44.9 Å². The maximum atomic E-state index is 3.88. The molecular weight excluding hydrogens is 242 g/mol. The molecule has 0 bridgehead atoms. The molecule has 2 rings (SSSR count). The monoisotopic (exact) mass is 279 g/mol. The fourth-order valence-electron chi connectivity index (χ4n) is 4.65. The average molecular weight is 280 g/mol. The molecule has 0 amide bonds. The summed E-state index contributed by atoms with van der Waals surface area (Å²) in [4.78, 5) is 0. The molecule has 4 unspecified atom stereocenters.